The Hall–Kier alpha value is -1.52. The Morgan fingerprint density at radius 3 is 2.62 bits per heavy atom. The van der Waals surface area contributed by atoms with E-state index in [0.717, 1.165) is 6.42 Å². The molecular weight excluding hydrogens is 311 g/mol. The van der Waals surface area contributed by atoms with Crippen molar-refractivity contribution >= 4 is 35.0 Å². The van der Waals surface area contributed by atoms with Gasteiger partial charge in [0.15, 0.2) is 0 Å². The lowest BCUT2D eigenvalue weighted by molar-refractivity contribution is -0.124. The summed E-state index contributed by atoms with van der Waals surface area (Å²) in [6.45, 7) is 4.50. The van der Waals surface area contributed by atoms with Crippen LogP contribution in [0.15, 0.2) is 30.9 Å². The van der Waals surface area contributed by atoms with E-state index in [1.54, 1.807) is 29.2 Å². The molecule has 1 aliphatic heterocycles. The summed E-state index contributed by atoms with van der Waals surface area (Å²) in [7, 11) is 0. The van der Waals surface area contributed by atoms with Gasteiger partial charge in [-0.3, -0.25) is 9.59 Å². The van der Waals surface area contributed by atoms with Gasteiger partial charge in [-0.2, -0.15) is 0 Å². The second-order valence-corrected chi connectivity index (χ2v) is 5.72. The highest BCUT2D eigenvalue weighted by molar-refractivity contribution is 6.35. The van der Waals surface area contributed by atoms with Crippen LogP contribution in [-0.2, 0) is 4.79 Å². The first-order valence-electron chi connectivity index (χ1n) is 6.68. The second kappa shape index (κ2) is 6.96. The number of nitrogens with one attached hydrogen (secondary N) is 1. The summed E-state index contributed by atoms with van der Waals surface area (Å²) in [5.41, 5.74) is 0.399. The lowest BCUT2D eigenvalue weighted by Crippen LogP contribution is -2.46. The predicted molar refractivity (Wildman–Crippen MR) is 83.7 cm³/mol. The van der Waals surface area contributed by atoms with Crippen molar-refractivity contribution in [2.45, 2.75) is 18.9 Å². The van der Waals surface area contributed by atoms with E-state index in [4.69, 9.17) is 23.2 Å². The summed E-state index contributed by atoms with van der Waals surface area (Å²) in [4.78, 5) is 26.2. The van der Waals surface area contributed by atoms with Crippen LogP contribution in [0.25, 0.3) is 0 Å². The van der Waals surface area contributed by atoms with Gasteiger partial charge in [-0.1, -0.05) is 29.3 Å². The maximum atomic E-state index is 12.5. The Labute approximate surface area is 133 Å². The molecule has 21 heavy (non-hydrogen) atoms. The predicted octanol–water partition coefficient (Wildman–Crippen LogP) is 2.90. The molecule has 0 aromatic heterocycles. The van der Waals surface area contributed by atoms with Gasteiger partial charge in [0.25, 0.3) is 5.91 Å². The normalized spacial score (nSPS) is 17.6. The van der Waals surface area contributed by atoms with Gasteiger partial charge in [-0.15, -0.1) is 6.58 Å². The second-order valence-electron chi connectivity index (χ2n) is 4.85. The molecule has 0 unspecified atom stereocenters. The summed E-state index contributed by atoms with van der Waals surface area (Å²) in [5, 5.41) is 3.53. The number of hydrogen-bond acceptors (Lipinski definition) is 2. The highest BCUT2D eigenvalue weighted by Gasteiger charge is 2.34. The molecule has 1 fully saturated rings. The summed E-state index contributed by atoms with van der Waals surface area (Å²) in [6.07, 6.45) is 3.06. The zero-order valence-electron chi connectivity index (χ0n) is 11.4. The van der Waals surface area contributed by atoms with Crippen LogP contribution in [0.3, 0.4) is 0 Å². The average molecular weight is 327 g/mol. The van der Waals surface area contributed by atoms with Crippen molar-refractivity contribution < 1.29 is 9.59 Å². The van der Waals surface area contributed by atoms with Crippen molar-refractivity contribution in [1.82, 2.24) is 10.2 Å². The lowest BCUT2D eigenvalue weighted by Gasteiger charge is -2.24. The van der Waals surface area contributed by atoms with E-state index < -0.39 is 6.04 Å². The fourth-order valence-corrected chi connectivity index (χ4v) is 2.94. The first-order chi connectivity index (χ1) is 10.0. The van der Waals surface area contributed by atoms with E-state index >= 15 is 0 Å². The SMILES string of the molecule is C=CCNC(=O)[C@H]1CCCN1C(=O)c1cc(Cl)cc(Cl)c1. The monoisotopic (exact) mass is 326 g/mol. The van der Waals surface area contributed by atoms with Gasteiger partial charge in [-0.05, 0) is 31.0 Å². The highest BCUT2D eigenvalue weighted by atomic mass is 35.5. The van der Waals surface area contributed by atoms with Crippen LogP contribution in [0.4, 0.5) is 0 Å². The third kappa shape index (κ3) is 3.77. The van der Waals surface area contributed by atoms with Gasteiger partial charge in [0.2, 0.25) is 5.91 Å². The van der Waals surface area contributed by atoms with Crippen LogP contribution < -0.4 is 5.32 Å². The molecule has 6 heteroatoms. The zero-order valence-corrected chi connectivity index (χ0v) is 13.0. The van der Waals surface area contributed by atoms with Crippen molar-refractivity contribution in [3.05, 3.63) is 46.5 Å². The van der Waals surface area contributed by atoms with Crippen LogP contribution >= 0.6 is 23.2 Å². The van der Waals surface area contributed by atoms with Crippen LogP contribution in [-0.4, -0.2) is 35.8 Å². The first kappa shape index (κ1) is 15.9. The van der Waals surface area contributed by atoms with Crippen LogP contribution in [0, 0.1) is 0 Å². The molecule has 2 rings (SSSR count). The average Bonchev–Trinajstić information content (AvgIpc) is 2.92. The number of benzene rings is 1. The van der Waals surface area contributed by atoms with Gasteiger partial charge in [0, 0.05) is 28.7 Å². The maximum absolute atomic E-state index is 12.5. The fraction of sp³-hybridized carbons (Fsp3) is 0.333. The van der Waals surface area contributed by atoms with Crippen LogP contribution in [0.5, 0.6) is 0 Å². The third-order valence-corrected chi connectivity index (χ3v) is 3.78. The molecule has 0 radical (unpaired) electrons. The number of nitrogens with zero attached hydrogens (tertiary/aromatic N) is 1. The smallest absolute Gasteiger partial charge is 0.254 e. The summed E-state index contributed by atoms with van der Waals surface area (Å²) >= 11 is 11.8. The Kier molecular flexibility index (Phi) is 5.26. The van der Waals surface area contributed by atoms with Crippen molar-refractivity contribution in [3.63, 3.8) is 0 Å². The Morgan fingerprint density at radius 1 is 1.33 bits per heavy atom. The minimum atomic E-state index is -0.449. The number of rotatable bonds is 4. The Morgan fingerprint density at radius 2 is 2.00 bits per heavy atom. The minimum absolute atomic E-state index is 0.158. The van der Waals surface area contributed by atoms with Gasteiger partial charge in [0.05, 0.1) is 0 Å². The van der Waals surface area contributed by atoms with E-state index in [1.807, 2.05) is 0 Å². The number of hydrogen-bond donors (Lipinski definition) is 1. The quantitative estimate of drug-likeness (QED) is 0.865. The van der Waals surface area contributed by atoms with Crippen molar-refractivity contribution in [2.24, 2.45) is 0 Å². The summed E-state index contributed by atoms with van der Waals surface area (Å²) in [6, 6.07) is 4.24. The number of likely N-dealkylation sites (tertiary alicyclic amines) is 1. The fourth-order valence-electron chi connectivity index (χ4n) is 2.42. The van der Waals surface area contributed by atoms with E-state index in [0.29, 0.717) is 35.1 Å². The topological polar surface area (TPSA) is 49.4 Å². The van der Waals surface area contributed by atoms with Gasteiger partial charge in [-0.25, -0.2) is 0 Å². The molecule has 1 aliphatic rings. The molecule has 1 atom stereocenters. The van der Waals surface area contributed by atoms with Crippen LogP contribution in [0.2, 0.25) is 10.0 Å². The van der Waals surface area contributed by atoms with Crippen molar-refractivity contribution in [1.29, 1.82) is 0 Å². The molecule has 1 aromatic carbocycles. The highest BCUT2D eigenvalue weighted by Crippen LogP contribution is 2.24. The van der Waals surface area contributed by atoms with E-state index in [9.17, 15) is 9.59 Å². The molecule has 1 N–H and O–H groups in total. The van der Waals surface area contributed by atoms with E-state index in [1.165, 1.54) is 0 Å². The number of carbonyl (C=O) groups excluding carboxylic acids is 2. The summed E-state index contributed by atoms with van der Waals surface area (Å²) in [5.74, 6) is -0.385. The van der Waals surface area contributed by atoms with Crippen LogP contribution in [0.1, 0.15) is 23.2 Å². The van der Waals surface area contributed by atoms with Crippen molar-refractivity contribution in [2.75, 3.05) is 13.1 Å². The molecule has 0 bridgehead atoms. The molecule has 0 aliphatic carbocycles. The van der Waals surface area contributed by atoms with Gasteiger partial charge in [0.1, 0.15) is 6.04 Å². The molecular formula is C15H16Cl2N2O2. The lowest BCUT2D eigenvalue weighted by atomic mass is 10.1. The molecule has 0 saturated carbocycles. The molecule has 112 valence electrons. The molecule has 4 nitrogen and oxygen atoms in total. The van der Waals surface area contributed by atoms with Gasteiger partial charge >= 0.3 is 0 Å². The van der Waals surface area contributed by atoms with Crippen molar-refractivity contribution in [3.8, 4) is 0 Å². The van der Waals surface area contributed by atoms with E-state index in [-0.39, 0.29) is 11.8 Å². The standard InChI is InChI=1S/C15H16Cl2N2O2/c1-2-5-18-14(20)13-4-3-6-19(13)15(21)10-7-11(16)9-12(17)8-10/h2,7-9,13H,1,3-6H2,(H,18,20)/t13-/m1/s1. The molecule has 0 spiro atoms. The summed E-state index contributed by atoms with van der Waals surface area (Å²) < 4.78 is 0. The maximum Gasteiger partial charge on any atom is 0.254 e. The largest absolute Gasteiger partial charge is 0.351 e. The first-order valence-corrected chi connectivity index (χ1v) is 7.44. The molecule has 1 heterocycles. The molecule has 1 aromatic rings. The van der Waals surface area contributed by atoms with E-state index in [2.05, 4.69) is 11.9 Å². The Bertz CT molecular complexity index is 555. The third-order valence-electron chi connectivity index (χ3n) is 3.35. The molecule has 2 amide bonds. The Balaban J connectivity index is 2.17. The number of carbonyl (C=O) groups is 2. The number of halogens is 2. The zero-order chi connectivity index (χ0) is 15.4. The minimum Gasteiger partial charge on any atom is -0.351 e. The molecule has 1 saturated heterocycles. The van der Waals surface area contributed by atoms with Gasteiger partial charge < -0.3 is 10.2 Å². The number of amides is 2.